The topological polar surface area (TPSA) is 9.23 Å². The Morgan fingerprint density at radius 1 is 0.788 bits per heavy atom. The van der Waals surface area contributed by atoms with Crippen molar-refractivity contribution in [3.63, 3.8) is 0 Å². The van der Waals surface area contributed by atoms with E-state index in [-0.39, 0.29) is 5.92 Å². The summed E-state index contributed by atoms with van der Waals surface area (Å²) in [5, 5.41) is 0. The van der Waals surface area contributed by atoms with E-state index in [2.05, 4.69) is 11.7 Å². The molecule has 0 saturated heterocycles. The van der Waals surface area contributed by atoms with Crippen LogP contribution in [0, 0.1) is 41.2 Å². The second kappa shape index (κ2) is 10.5. The molecular weight excluding hydrogens is 435 g/mol. The van der Waals surface area contributed by atoms with E-state index in [4.69, 9.17) is 0 Å². The zero-order valence-electron chi connectivity index (χ0n) is 19.6. The highest BCUT2D eigenvalue weighted by Crippen LogP contribution is 2.51. The highest BCUT2D eigenvalue weighted by molar-refractivity contribution is 5.33. The lowest BCUT2D eigenvalue weighted by molar-refractivity contribution is -0.276. The second-order valence-electron chi connectivity index (χ2n) is 10.9. The van der Waals surface area contributed by atoms with Crippen LogP contribution in [0.15, 0.2) is 12.1 Å². The van der Waals surface area contributed by atoms with Gasteiger partial charge in [0.2, 0.25) is 5.75 Å². The summed E-state index contributed by atoms with van der Waals surface area (Å²) in [6.07, 6.45) is 10.9. The van der Waals surface area contributed by atoms with Crippen molar-refractivity contribution >= 4 is 0 Å². The van der Waals surface area contributed by atoms with Crippen molar-refractivity contribution in [2.24, 2.45) is 29.6 Å². The number of ether oxygens (including phenoxy) is 1. The number of fused-ring (bicyclic) bond motifs is 1. The van der Waals surface area contributed by atoms with Crippen molar-refractivity contribution in [3.05, 3.63) is 29.3 Å². The number of hydrogen-bond donors (Lipinski definition) is 0. The quantitative estimate of drug-likeness (QED) is 0.375. The Kier molecular flexibility index (Phi) is 7.90. The molecule has 33 heavy (non-hydrogen) atoms. The molecule has 3 saturated carbocycles. The maximum Gasteiger partial charge on any atom is 0.573 e. The van der Waals surface area contributed by atoms with E-state index >= 15 is 0 Å². The maximum atomic E-state index is 14.2. The van der Waals surface area contributed by atoms with Gasteiger partial charge in [-0.25, -0.2) is 8.78 Å². The molecule has 1 aromatic rings. The standard InChI is InChI=1S/C27H37F5O/c1-2-3-4-17-5-7-18(8-6-17)19-9-10-21-14-22(12-11-20(21)13-19)23-15-24(28)26(25(29)16-23)33-27(30,31)32/h15-22H,2-14H2,1H3. The van der Waals surface area contributed by atoms with E-state index in [1.54, 1.807) is 0 Å². The molecule has 0 aliphatic heterocycles. The van der Waals surface area contributed by atoms with Gasteiger partial charge in [0.15, 0.2) is 11.6 Å². The molecular formula is C27H37F5O. The van der Waals surface area contributed by atoms with Crippen LogP contribution in [0.5, 0.6) is 5.75 Å². The molecule has 186 valence electrons. The van der Waals surface area contributed by atoms with E-state index in [1.165, 1.54) is 64.2 Å². The zero-order valence-corrected chi connectivity index (χ0v) is 19.6. The smallest absolute Gasteiger partial charge is 0.399 e. The summed E-state index contributed by atoms with van der Waals surface area (Å²) in [5.74, 6) is -0.0503. The van der Waals surface area contributed by atoms with Crippen LogP contribution in [-0.4, -0.2) is 6.36 Å². The SMILES string of the molecule is CCCCC1CCC(C2CCC3CC(c4cc(F)c(OC(F)(F)F)c(F)c4)CCC3C2)CC1. The van der Waals surface area contributed by atoms with Crippen molar-refractivity contribution in [2.75, 3.05) is 0 Å². The van der Waals surface area contributed by atoms with Crippen molar-refractivity contribution < 1.29 is 26.7 Å². The van der Waals surface area contributed by atoms with Crippen LogP contribution >= 0.6 is 0 Å². The summed E-state index contributed by atoms with van der Waals surface area (Å²) in [6.45, 7) is 2.27. The molecule has 0 spiro atoms. The van der Waals surface area contributed by atoms with Crippen molar-refractivity contribution in [1.29, 1.82) is 0 Å². The van der Waals surface area contributed by atoms with Gasteiger partial charge in [-0.15, -0.1) is 13.2 Å². The molecule has 4 rings (SSSR count). The van der Waals surface area contributed by atoms with Crippen molar-refractivity contribution in [1.82, 2.24) is 0 Å². The van der Waals surface area contributed by atoms with E-state index in [0.717, 1.165) is 49.1 Å². The third kappa shape index (κ3) is 6.22. The lowest BCUT2D eigenvalue weighted by Gasteiger charge is -2.45. The molecule has 3 fully saturated rings. The minimum atomic E-state index is -5.12. The lowest BCUT2D eigenvalue weighted by Crippen LogP contribution is -2.34. The normalized spacial score (nSPS) is 32.9. The third-order valence-corrected chi connectivity index (χ3v) is 8.89. The van der Waals surface area contributed by atoms with Gasteiger partial charge in [-0.2, -0.15) is 0 Å². The maximum absolute atomic E-state index is 14.2. The first kappa shape index (κ1) is 24.8. The van der Waals surface area contributed by atoms with E-state index < -0.39 is 23.7 Å². The molecule has 6 heteroatoms. The Labute approximate surface area is 194 Å². The number of alkyl halides is 3. The van der Waals surface area contributed by atoms with Gasteiger partial charge in [-0.3, -0.25) is 0 Å². The van der Waals surface area contributed by atoms with Crippen LogP contribution in [0.25, 0.3) is 0 Å². The number of hydrogen-bond acceptors (Lipinski definition) is 1. The second-order valence-corrected chi connectivity index (χ2v) is 10.9. The monoisotopic (exact) mass is 472 g/mol. The van der Waals surface area contributed by atoms with Gasteiger partial charge < -0.3 is 4.74 Å². The number of rotatable bonds is 6. The van der Waals surface area contributed by atoms with Crippen LogP contribution in [-0.2, 0) is 0 Å². The van der Waals surface area contributed by atoms with Gasteiger partial charge in [-0.05, 0) is 105 Å². The van der Waals surface area contributed by atoms with E-state index in [1.807, 2.05) is 0 Å². The molecule has 4 atom stereocenters. The van der Waals surface area contributed by atoms with Crippen LogP contribution in [0.2, 0.25) is 0 Å². The fourth-order valence-corrected chi connectivity index (χ4v) is 7.13. The average Bonchev–Trinajstić information content (AvgIpc) is 2.79. The minimum Gasteiger partial charge on any atom is -0.399 e. The highest BCUT2D eigenvalue weighted by atomic mass is 19.4. The molecule has 0 amide bonds. The largest absolute Gasteiger partial charge is 0.573 e. The van der Waals surface area contributed by atoms with Gasteiger partial charge in [-0.1, -0.05) is 39.0 Å². The highest BCUT2D eigenvalue weighted by Gasteiger charge is 2.40. The molecule has 0 aromatic heterocycles. The Bertz CT molecular complexity index is 760. The molecule has 1 aromatic carbocycles. The van der Waals surface area contributed by atoms with Crippen molar-refractivity contribution in [2.45, 2.75) is 103 Å². The fourth-order valence-electron chi connectivity index (χ4n) is 7.13. The summed E-state index contributed by atoms with van der Waals surface area (Å²) in [6, 6.07) is 2.08. The molecule has 0 radical (unpaired) electrons. The number of halogens is 5. The third-order valence-electron chi connectivity index (χ3n) is 8.89. The van der Waals surface area contributed by atoms with Gasteiger partial charge >= 0.3 is 6.36 Å². The van der Waals surface area contributed by atoms with Crippen LogP contribution in [0.4, 0.5) is 22.0 Å². The first-order valence-electron chi connectivity index (χ1n) is 13.0. The molecule has 0 bridgehead atoms. The first-order valence-corrected chi connectivity index (χ1v) is 13.0. The Morgan fingerprint density at radius 2 is 1.33 bits per heavy atom. The summed E-state index contributed by atoms with van der Waals surface area (Å²) in [7, 11) is 0. The first-order chi connectivity index (χ1) is 15.7. The van der Waals surface area contributed by atoms with Crippen molar-refractivity contribution in [3.8, 4) is 5.75 Å². The van der Waals surface area contributed by atoms with Gasteiger partial charge in [0.25, 0.3) is 0 Å². The van der Waals surface area contributed by atoms with E-state index in [0.29, 0.717) is 17.4 Å². The molecule has 0 heterocycles. The van der Waals surface area contributed by atoms with Crippen LogP contribution in [0.3, 0.4) is 0 Å². The molecule has 3 aliphatic rings. The van der Waals surface area contributed by atoms with Gasteiger partial charge in [0.1, 0.15) is 0 Å². The zero-order chi connectivity index (χ0) is 23.6. The lowest BCUT2D eigenvalue weighted by atomic mass is 9.60. The molecule has 0 N–H and O–H groups in total. The average molecular weight is 473 g/mol. The van der Waals surface area contributed by atoms with Gasteiger partial charge in [0, 0.05) is 0 Å². The van der Waals surface area contributed by atoms with E-state index in [9.17, 15) is 22.0 Å². The van der Waals surface area contributed by atoms with Crippen LogP contribution < -0.4 is 4.74 Å². The minimum absolute atomic E-state index is 0.000686. The predicted octanol–water partition coefficient (Wildman–Crippen LogP) is 9.16. The molecule has 1 nitrogen and oxygen atoms in total. The Morgan fingerprint density at radius 3 is 1.94 bits per heavy atom. The molecule has 3 aliphatic carbocycles. The fraction of sp³-hybridized carbons (Fsp3) is 0.778. The Balaban J connectivity index is 1.31. The summed E-state index contributed by atoms with van der Waals surface area (Å²) in [4.78, 5) is 0. The Hall–Kier alpha value is -1.33. The summed E-state index contributed by atoms with van der Waals surface area (Å²) >= 11 is 0. The summed E-state index contributed by atoms with van der Waals surface area (Å²) < 4.78 is 69.2. The number of unbranched alkanes of at least 4 members (excludes halogenated alkanes) is 1. The summed E-state index contributed by atoms with van der Waals surface area (Å²) in [5.41, 5.74) is 0.463. The number of benzene rings is 1. The van der Waals surface area contributed by atoms with Gasteiger partial charge in [0.05, 0.1) is 0 Å². The molecule has 4 unspecified atom stereocenters. The predicted molar refractivity (Wildman–Crippen MR) is 119 cm³/mol. The van der Waals surface area contributed by atoms with Crippen LogP contribution in [0.1, 0.15) is 102 Å².